The quantitative estimate of drug-likeness (QED) is 0.581. The lowest BCUT2D eigenvalue weighted by Gasteiger charge is -2.21. The molecule has 0 fully saturated rings. The van der Waals surface area contributed by atoms with Crippen molar-refractivity contribution >= 4 is 51.4 Å². The molecule has 3 rings (SSSR count). The number of benzene rings is 1. The van der Waals surface area contributed by atoms with Gasteiger partial charge in [-0.3, -0.25) is 9.59 Å². The Bertz CT molecular complexity index is 929. The fourth-order valence-corrected chi connectivity index (χ4v) is 5.51. The van der Waals surface area contributed by atoms with Crippen LogP contribution in [-0.4, -0.2) is 17.9 Å². The molecule has 5 nitrogen and oxygen atoms in total. The molecule has 1 aliphatic carbocycles. The van der Waals surface area contributed by atoms with Crippen molar-refractivity contribution in [2.75, 3.05) is 5.32 Å². The van der Waals surface area contributed by atoms with Crippen LogP contribution in [0, 0.1) is 5.92 Å². The molecule has 1 aliphatic rings. The Morgan fingerprint density at radius 2 is 2.14 bits per heavy atom. The first-order valence-electron chi connectivity index (χ1n) is 9.67. The lowest BCUT2D eigenvalue weighted by Crippen LogP contribution is -2.30. The fraction of sp³-hybridized carbons (Fsp3) is 0.429. The van der Waals surface area contributed by atoms with E-state index in [9.17, 15) is 9.59 Å². The maximum Gasteiger partial charge on any atom is 0.265 e. The third-order valence-electron chi connectivity index (χ3n) is 5.11. The van der Waals surface area contributed by atoms with Gasteiger partial charge in [-0.2, -0.15) is 0 Å². The van der Waals surface area contributed by atoms with Crippen LogP contribution in [0.1, 0.15) is 53.9 Å². The van der Waals surface area contributed by atoms with Crippen LogP contribution in [0.5, 0.6) is 5.75 Å². The summed E-state index contributed by atoms with van der Waals surface area (Å²) < 4.78 is 5.67. The first kappa shape index (κ1) is 21.9. The fourth-order valence-electron chi connectivity index (χ4n) is 3.69. The van der Waals surface area contributed by atoms with E-state index in [1.807, 2.05) is 0 Å². The number of hydrogen-bond donors (Lipinski definition) is 2. The van der Waals surface area contributed by atoms with Crippen molar-refractivity contribution in [3.63, 3.8) is 0 Å². The van der Waals surface area contributed by atoms with E-state index in [2.05, 4.69) is 12.2 Å². The molecule has 0 bridgehead atoms. The van der Waals surface area contributed by atoms with Gasteiger partial charge in [0.05, 0.1) is 10.6 Å². The standard InChI is InChI=1S/C21H24Cl2N2O3S/c1-3-4-12-5-7-14-17(9-12)29-21(18(14)19(24)26)25-20(27)11(2)28-16-8-6-13(22)10-15(16)23/h6,8,10-12H,3-5,7,9H2,1-2H3,(H2,24,26)(H,25,27). The second kappa shape index (κ2) is 9.37. The molecule has 0 saturated carbocycles. The first-order chi connectivity index (χ1) is 13.8. The Morgan fingerprint density at radius 3 is 2.79 bits per heavy atom. The van der Waals surface area contributed by atoms with Crippen LogP contribution < -0.4 is 15.8 Å². The zero-order chi connectivity index (χ0) is 21.1. The van der Waals surface area contributed by atoms with E-state index >= 15 is 0 Å². The normalized spacial score (nSPS) is 16.8. The molecule has 0 spiro atoms. The number of hydrogen-bond acceptors (Lipinski definition) is 4. The van der Waals surface area contributed by atoms with E-state index in [4.69, 9.17) is 33.7 Å². The highest BCUT2D eigenvalue weighted by molar-refractivity contribution is 7.17. The van der Waals surface area contributed by atoms with Gasteiger partial charge in [0.25, 0.3) is 11.8 Å². The molecule has 2 amide bonds. The third-order valence-corrected chi connectivity index (χ3v) is 6.81. The molecular weight excluding hydrogens is 431 g/mol. The van der Waals surface area contributed by atoms with Crippen molar-refractivity contribution in [2.45, 2.75) is 52.1 Å². The summed E-state index contributed by atoms with van der Waals surface area (Å²) >= 11 is 13.4. The van der Waals surface area contributed by atoms with Gasteiger partial charge in [-0.15, -0.1) is 11.3 Å². The van der Waals surface area contributed by atoms with Gasteiger partial charge in [0.1, 0.15) is 10.8 Å². The number of amides is 2. The number of nitrogens with one attached hydrogen (secondary N) is 1. The van der Waals surface area contributed by atoms with Crippen molar-refractivity contribution in [1.29, 1.82) is 0 Å². The summed E-state index contributed by atoms with van der Waals surface area (Å²) in [5, 5.41) is 4.14. The maximum atomic E-state index is 12.7. The minimum atomic E-state index is -0.818. The lowest BCUT2D eigenvalue weighted by molar-refractivity contribution is -0.122. The van der Waals surface area contributed by atoms with Crippen LogP contribution in [0.2, 0.25) is 10.0 Å². The Labute approximate surface area is 184 Å². The summed E-state index contributed by atoms with van der Waals surface area (Å²) in [6, 6.07) is 4.80. The van der Waals surface area contributed by atoms with Crippen LogP contribution in [0.3, 0.4) is 0 Å². The monoisotopic (exact) mass is 454 g/mol. The van der Waals surface area contributed by atoms with Crippen molar-refractivity contribution in [3.05, 3.63) is 44.2 Å². The molecule has 0 radical (unpaired) electrons. The summed E-state index contributed by atoms with van der Waals surface area (Å²) in [5.74, 6) is 0.0923. The number of ether oxygens (including phenoxy) is 1. The predicted molar refractivity (Wildman–Crippen MR) is 118 cm³/mol. The van der Waals surface area contributed by atoms with Crippen LogP contribution >= 0.6 is 34.5 Å². The largest absolute Gasteiger partial charge is 0.479 e. The topological polar surface area (TPSA) is 81.4 Å². The molecule has 29 heavy (non-hydrogen) atoms. The molecule has 2 unspecified atom stereocenters. The number of halogens is 2. The second-order valence-electron chi connectivity index (χ2n) is 7.29. The van der Waals surface area contributed by atoms with Crippen LogP contribution in [-0.2, 0) is 17.6 Å². The van der Waals surface area contributed by atoms with E-state index < -0.39 is 12.0 Å². The van der Waals surface area contributed by atoms with Gasteiger partial charge in [0.15, 0.2) is 6.10 Å². The first-order valence-corrected chi connectivity index (χ1v) is 11.2. The lowest BCUT2D eigenvalue weighted by atomic mass is 9.84. The minimum absolute atomic E-state index is 0.323. The molecule has 3 N–H and O–H groups in total. The van der Waals surface area contributed by atoms with Crippen LogP contribution in [0.25, 0.3) is 0 Å². The molecular formula is C21H24Cl2N2O3S. The molecule has 0 saturated heterocycles. The van der Waals surface area contributed by atoms with Gasteiger partial charge in [-0.05, 0) is 55.9 Å². The van der Waals surface area contributed by atoms with E-state index in [0.717, 1.165) is 42.5 Å². The van der Waals surface area contributed by atoms with Gasteiger partial charge in [0.2, 0.25) is 0 Å². The Morgan fingerprint density at radius 1 is 1.38 bits per heavy atom. The summed E-state index contributed by atoms with van der Waals surface area (Å²) in [7, 11) is 0. The molecule has 2 aromatic rings. The Balaban J connectivity index is 1.76. The highest BCUT2D eigenvalue weighted by atomic mass is 35.5. The van der Waals surface area contributed by atoms with E-state index in [1.54, 1.807) is 25.1 Å². The smallest absolute Gasteiger partial charge is 0.265 e. The summed E-state index contributed by atoms with van der Waals surface area (Å²) in [6.07, 6.45) is 4.27. The van der Waals surface area contributed by atoms with Gasteiger partial charge in [-0.1, -0.05) is 43.0 Å². The SMILES string of the molecule is CCCC1CCc2c(sc(NC(=O)C(C)Oc3ccc(Cl)cc3Cl)c2C(N)=O)C1. The summed E-state index contributed by atoms with van der Waals surface area (Å²) in [5.41, 5.74) is 7.06. The van der Waals surface area contributed by atoms with Gasteiger partial charge < -0.3 is 15.8 Å². The van der Waals surface area contributed by atoms with E-state index in [-0.39, 0.29) is 5.91 Å². The molecule has 1 aromatic heterocycles. The van der Waals surface area contributed by atoms with E-state index in [1.165, 1.54) is 11.3 Å². The zero-order valence-corrected chi connectivity index (χ0v) is 18.7. The number of carbonyl (C=O) groups is 2. The number of carbonyl (C=O) groups excluding carboxylic acids is 2. The molecule has 8 heteroatoms. The molecule has 1 aromatic carbocycles. The van der Waals surface area contributed by atoms with E-state index in [0.29, 0.717) is 32.3 Å². The molecule has 0 aliphatic heterocycles. The summed E-state index contributed by atoms with van der Waals surface area (Å²) in [6.45, 7) is 3.80. The number of rotatable bonds is 7. The Hall–Kier alpha value is -1.76. The minimum Gasteiger partial charge on any atom is -0.479 e. The second-order valence-corrected chi connectivity index (χ2v) is 9.24. The van der Waals surface area contributed by atoms with Gasteiger partial charge in [-0.25, -0.2) is 0 Å². The highest BCUT2D eigenvalue weighted by Gasteiger charge is 2.29. The maximum absolute atomic E-state index is 12.7. The number of anilines is 1. The number of fused-ring (bicyclic) bond motifs is 1. The van der Waals surface area contributed by atoms with Crippen LogP contribution in [0.4, 0.5) is 5.00 Å². The van der Waals surface area contributed by atoms with Crippen molar-refractivity contribution in [1.82, 2.24) is 0 Å². The average molecular weight is 455 g/mol. The third kappa shape index (κ3) is 5.05. The highest BCUT2D eigenvalue weighted by Crippen LogP contribution is 2.40. The van der Waals surface area contributed by atoms with Crippen LogP contribution in [0.15, 0.2) is 18.2 Å². The number of primary amides is 1. The molecule has 2 atom stereocenters. The Kier molecular flexibility index (Phi) is 7.09. The predicted octanol–water partition coefficient (Wildman–Crippen LogP) is 5.46. The number of thiophene rings is 1. The number of nitrogens with two attached hydrogens (primary N) is 1. The molecule has 156 valence electrons. The average Bonchev–Trinajstić information content (AvgIpc) is 3.01. The van der Waals surface area contributed by atoms with Gasteiger partial charge in [0, 0.05) is 9.90 Å². The van der Waals surface area contributed by atoms with Crippen molar-refractivity contribution in [3.8, 4) is 5.75 Å². The van der Waals surface area contributed by atoms with Gasteiger partial charge >= 0.3 is 0 Å². The summed E-state index contributed by atoms with van der Waals surface area (Å²) in [4.78, 5) is 25.9. The molecule has 1 heterocycles. The van der Waals surface area contributed by atoms with Crippen molar-refractivity contribution < 1.29 is 14.3 Å². The van der Waals surface area contributed by atoms with Crippen molar-refractivity contribution in [2.24, 2.45) is 11.7 Å². The zero-order valence-electron chi connectivity index (χ0n) is 16.4.